The van der Waals surface area contributed by atoms with Crippen LogP contribution >= 0.6 is 0 Å². The van der Waals surface area contributed by atoms with Crippen LogP contribution in [0.2, 0.25) is 0 Å². The van der Waals surface area contributed by atoms with Crippen LogP contribution in [0.1, 0.15) is 50.6 Å². The Labute approximate surface area is 226 Å². The average molecular weight is 523 g/mol. The number of benzene rings is 3. The Morgan fingerprint density at radius 2 is 1.72 bits per heavy atom. The van der Waals surface area contributed by atoms with Gasteiger partial charge in [0.25, 0.3) is 0 Å². The zero-order valence-corrected chi connectivity index (χ0v) is 21.9. The summed E-state index contributed by atoms with van der Waals surface area (Å²) in [5.74, 6) is 0.398. The molecule has 3 aromatic carbocycles. The molecule has 3 fully saturated rings. The van der Waals surface area contributed by atoms with Crippen LogP contribution in [0.25, 0.3) is 16.6 Å². The SMILES string of the molecule is C[C@@]1(CC2CC2)C(=O)N(c2ccc3c(cnn3-c3ccc(F)cc3)c2)[C@H](c2ccccc2)[C@H]1NC(=O)C1CC1. The zero-order chi connectivity index (χ0) is 26.7. The summed E-state index contributed by atoms with van der Waals surface area (Å²) in [7, 11) is 0. The van der Waals surface area contributed by atoms with Crippen molar-refractivity contribution in [2.24, 2.45) is 17.3 Å². The summed E-state index contributed by atoms with van der Waals surface area (Å²) in [4.78, 5) is 29.5. The van der Waals surface area contributed by atoms with Crippen LogP contribution in [0.4, 0.5) is 10.1 Å². The van der Waals surface area contributed by atoms with Gasteiger partial charge in [0.1, 0.15) is 5.82 Å². The minimum atomic E-state index is -0.709. The number of amides is 2. The van der Waals surface area contributed by atoms with Crippen LogP contribution in [-0.4, -0.2) is 27.6 Å². The Morgan fingerprint density at radius 1 is 1.00 bits per heavy atom. The minimum Gasteiger partial charge on any atom is -0.350 e. The van der Waals surface area contributed by atoms with Crippen LogP contribution < -0.4 is 10.2 Å². The maximum atomic E-state index is 14.5. The van der Waals surface area contributed by atoms with Crippen molar-refractivity contribution in [2.45, 2.75) is 51.1 Å². The van der Waals surface area contributed by atoms with Crippen LogP contribution in [0.5, 0.6) is 0 Å². The molecule has 7 heteroatoms. The molecule has 0 radical (unpaired) electrons. The van der Waals surface area contributed by atoms with Gasteiger partial charge in [0.05, 0.1) is 34.9 Å². The summed E-state index contributed by atoms with van der Waals surface area (Å²) in [6.45, 7) is 2.05. The third-order valence-corrected chi connectivity index (χ3v) is 8.69. The van der Waals surface area contributed by atoms with Crippen LogP contribution in [0, 0.1) is 23.1 Å². The second-order valence-corrected chi connectivity index (χ2v) is 11.6. The molecule has 2 amide bonds. The third kappa shape index (κ3) is 4.20. The lowest BCUT2D eigenvalue weighted by Crippen LogP contribution is -2.48. The van der Waals surface area contributed by atoms with E-state index in [1.165, 1.54) is 12.1 Å². The molecule has 3 atom stereocenters. The molecule has 7 rings (SSSR count). The van der Waals surface area contributed by atoms with Gasteiger partial charge in [-0.3, -0.25) is 9.59 Å². The highest BCUT2D eigenvalue weighted by Crippen LogP contribution is 2.53. The highest BCUT2D eigenvalue weighted by molar-refractivity contribution is 6.04. The molecule has 0 spiro atoms. The summed E-state index contributed by atoms with van der Waals surface area (Å²) in [5.41, 5.74) is 2.71. The summed E-state index contributed by atoms with van der Waals surface area (Å²) in [6.07, 6.45) is 6.65. The average Bonchev–Trinajstić information content (AvgIpc) is 3.88. The highest BCUT2D eigenvalue weighted by Gasteiger charge is 2.59. The molecule has 4 aromatic rings. The second-order valence-electron chi connectivity index (χ2n) is 11.6. The van der Waals surface area contributed by atoms with E-state index in [4.69, 9.17) is 0 Å². The number of fused-ring (bicyclic) bond motifs is 1. The standard InChI is InChI=1S/C32H31FN4O2/c1-32(18-20-7-8-20)29(35-30(38)22-9-10-22)28(21-5-3-2-4-6-21)36(31(32)39)26-15-16-27-23(17-26)19-34-37(27)25-13-11-24(33)12-14-25/h2-6,11-17,19-20,22,28-29H,7-10,18H2,1H3,(H,35,38)/t28-,29-,32+/m1/s1. The maximum Gasteiger partial charge on any atom is 0.235 e. The molecule has 0 unspecified atom stereocenters. The van der Waals surface area contributed by atoms with Crippen molar-refractivity contribution in [2.75, 3.05) is 4.90 Å². The molecular formula is C32H31FN4O2. The number of nitrogens with zero attached hydrogens (tertiary/aromatic N) is 3. The Balaban J connectivity index is 1.33. The van der Waals surface area contributed by atoms with E-state index < -0.39 is 5.41 Å². The van der Waals surface area contributed by atoms with Gasteiger partial charge < -0.3 is 10.2 Å². The van der Waals surface area contributed by atoms with Crippen molar-refractivity contribution in [3.05, 3.63) is 90.4 Å². The fourth-order valence-electron chi connectivity index (χ4n) is 6.25. The van der Waals surface area contributed by atoms with Crippen molar-refractivity contribution in [3.8, 4) is 5.69 Å². The molecule has 6 nitrogen and oxygen atoms in total. The number of carbonyl (C=O) groups is 2. The normalized spacial score (nSPS) is 24.9. The van der Waals surface area contributed by atoms with E-state index in [-0.39, 0.29) is 35.6 Å². The number of halogens is 1. The maximum absolute atomic E-state index is 14.5. The van der Waals surface area contributed by atoms with Gasteiger partial charge in [-0.2, -0.15) is 5.10 Å². The van der Waals surface area contributed by atoms with E-state index in [9.17, 15) is 14.0 Å². The van der Waals surface area contributed by atoms with Gasteiger partial charge in [0.15, 0.2) is 0 Å². The van der Waals surface area contributed by atoms with Crippen molar-refractivity contribution >= 4 is 28.4 Å². The van der Waals surface area contributed by atoms with Crippen molar-refractivity contribution in [1.82, 2.24) is 15.1 Å². The summed E-state index contributed by atoms with van der Waals surface area (Å²) in [6, 6.07) is 21.5. The Bertz CT molecular complexity index is 1560. The van der Waals surface area contributed by atoms with Gasteiger partial charge in [-0.25, -0.2) is 9.07 Å². The summed E-state index contributed by atoms with van der Waals surface area (Å²) < 4.78 is 15.3. The first-order chi connectivity index (χ1) is 18.9. The number of rotatable bonds is 7. The largest absolute Gasteiger partial charge is 0.350 e. The van der Waals surface area contributed by atoms with Gasteiger partial charge in [-0.05, 0) is 80.1 Å². The molecule has 0 bridgehead atoms. The van der Waals surface area contributed by atoms with E-state index in [0.717, 1.165) is 59.9 Å². The van der Waals surface area contributed by atoms with E-state index in [1.54, 1.807) is 23.0 Å². The fourth-order valence-corrected chi connectivity index (χ4v) is 6.25. The lowest BCUT2D eigenvalue weighted by Gasteiger charge is -2.32. The molecule has 2 heterocycles. The van der Waals surface area contributed by atoms with Crippen molar-refractivity contribution in [3.63, 3.8) is 0 Å². The Morgan fingerprint density at radius 3 is 2.41 bits per heavy atom. The first-order valence-electron chi connectivity index (χ1n) is 13.8. The Kier molecular flexibility index (Phi) is 5.58. The van der Waals surface area contributed by atoms with Crippen molar-refractivity contribution in [1.29, 1.82) is 0 Å². The number of anilines is 1. The number of hydrogen-bond acceptors (Lipinski definition) is 3. The number of aromatic nitrogens is 2. The first-order valence-corrected chi connectivity index (χ1v) is 13.8. The van der Waals surface area contributed by atoms with Gasteiger partial charge in [-0.1, -0.05) is 43.2 Å². The fraction of sp³-hybridized carbons (Fsp3) is 0.344. The summed E-state index contributed by atoms with van der Waals surface area (Å²) >= 11 is 0. The molecular weight excluding hydrogens is 491 g/mol. The molecule has 3 aliphatic rings. The van der Waals surface area contributed by atoms with Gasteiger partial charge in [0.2, 0.25) is 11.8 Å². The second kappa shape index (κ2) is 9.04. The zero-order valence-electron chi connectivity index (χ0n) is 21.9. The van der Waals surface area contributed by atoms with Gasteiger partial charge >= 0.3 is 0 Å². The minimum absolute atomic E-state index is 0.0506. The molecule has 1 saturated heterocycles. The summed E-state index contributed by atoms with van der Waals surface area (Å²) in [5, 5.41) is 8.79. The lowest BCUT2D eigenvalue weighted by molar-refractivity contribution is -0.127. The van der Waals surface area contributed by atoms with Gasteiger partial charge in [0, 0.05) is 17.0 Å². The van der Waals surface area contributed by atoms with Gasteiger partial charge in [-0.15, -0.1) is 0 Å². The molecule has 1 aliphatic heterocycles. The predicted octanol–water partition coefficient (Wildman–Crippen LogP) is 5.95. The third-order valence-electron chi connectivity index (χ3n) is 8.69. The van der Waals surface area contributed by atoms with E-state index in [2.05, 4.69) is 22.5 Å². The predicted molar refractivity (Wildman–Crippen MR) is 148 cm³/mol. The number of hydrogen-bond donors (Lipinski definition) is 1. The monoisotopic (exact) mass is 522 g/mol. The first kappa shape index (κ1) is 24.1. The Hall–Kier alpha value is -4.00. The highest BCUT2D eigenvalue weighted by atomic mass is 19.1. The molecule has 1 aromatic heterocycles. The molecule has 2 aliphatic carbocycles. The topological polar surface area (TPSA) is 67.2 Å². The van der Waals surface area contributed by atoms with Crippen molar-refractivity contribution < 1.29 is 14.0 Å². The number of nitrogens with one attached hydrogen (secondary N) is 1. The molecule has 2 saturated carbocycles. The van der Waals surface area contributed by atoms with Crippen LogP contribution in [0.3, 0.4) is 0 Å². The van der Waals surface area contributed by atoms with E-state index >= 15 is 0 Å². The van der Waals surface area contributed by atoms with Crippen LogP contribution in [0.15, 0.2) is 79.0 Å². The number of carbonyl (C=O) groups excluding carboxylic acids is 2. The van der Waals surface area contributed by atoms with Crippen LogP contribution in [-0.2, 0) is 9.59 Å². The van der Waals surface area contributed by atoms with E-state index in [1.807, 2.05) is 48.2 Å². The molecule has 198 valence electrons. The molecule has 1 N–H and O–H groups in total. The molecule has 39 heavy (non-hydrogen) atoms. The smallest absolute Gasteiger partial charge is 0.235 e. The lowest BCUT2D eigenvalue weighted by atomic mass is 9.76. The quantitative estimate of drug-likeness (QED) is 0.326. The van der Waals surface area contributed by atoms with E-state index in [0.29, 0.717) is 5.92 Å².